The summed E-state index contributed by atoms with van der Waals surface area (Å²) in [6, 6.07) is 54.5. The normalized spacial score (nSPS) is 14.6. The van der Waals surface area contributed by atoms with E-state index >= 15 is 0 Å². The second-order valence-corrected chi connectivity index (χ2v) is 30.7. The Morgan fingerprint density at radius 1 is 0.456 bits per heavy atom. The number of benzene rings is 9. The van der Waals surface area contributed by atoms with Gasteiger partial charge in [0.25, 0.3) is 0 Å². The standard InChI is InChI=1S/C28H28O6S.C28H30O3.C15H16O3S.C13H16O2.O2S/c1-18-11-12-19(17-24(18)32-4)27(35(30,31)20-9-7-6-8-10-20)25(29)22-13-14-23-21(26(22)33-5)15-16-28(2,3)34-23;1-18-11-12-21(17-19(18)2)25(20-9-7-6-8-10-20)26(29)23-13-14-24-22(27(23)30-5)15-16-28(3,4)31-24;1-12-8-9-13(10-15(12)18-2)11-19(16,17)14-6-4-3-5-7-14;1-9-10-7-8-13(2,3)15-12(10)6-5-11(9)14-4;1-3-2/h6-17,27H,1-5H3;6-17,25-26,29H,1-5H3;3-10H,11H2,1-2H3;5-8H,1-4H3;. The molecule has 0 saturated carbocycles. The summed E-state index contributed by atoms with van der Waals surface area (Å²) in [5.74, 6) is 4.45. The highest BCUT2D eigenvalue weighted by Gasteiger charge is 2.40. The van der Waals surface area contributed by atoms with Gasteiger partial charge in [-0.05, 0) is 224 Å². The maximum Gasteiger partial charge on any atom is 0.335 e. The first kappa shape index (κ1) is 78.7. The predicted molar refractivity (Wildman–Crippen MR) is 407 cm³/mol. The van der Waals surface area contributed by atoms with E-state index in [2.05, 4.69) is 56.3 Å². The fraction of sp³-hybridized carbons (Fsp3) is 0.274. The third kappa shape index (κ3) is 19.0. The molecule has 0 aromatic heterocycles. The zero-order chi connectivity index (χ0) is 75.2. The van der Waals surface area contributed by atoms with Crippen LogP contribution in [0.2, 0.25) is 0 Å². The molecule has 16 nitrogen and oxygen atoms in total. The Kier molecular flexibility index (Phi) is 25.8. The van der Waals surface area contributed by atoms with Crippen LogP contribution in [-0.2, 0) is 37.0 Å². The number of hydrogen-bond acceptors (Lipinski definition) is 16. The van der Waals surface area contributed by atoms with E-state index in [1.807, 2.05) is 141 Å². The first-order valence-electron chi connectivity index (χ1n) is 33.2. The van der Waals surface area contributed by atoms with E-state index in [0.29, 0.717) is 39.0 Å². The molecule has 0 fully saturated rings. The monoisotopic (exact) mass is 1450 g/mol. The quantitative estimate of drug-likeness (QED) is 0.0839. The molecule has 9 aromatic rings. The summed E-state index contributed by atoms with van der Waals surface area (Å²) in [6.07, 6.45) is 11.2. The molecule has 3 atom stereocenters. The smallest absolute Gasteiger partial charge is 0.335 e. The van der Waals surface area contributed by atoms with Crippen molar-refractivity contribution in [3.05, 3.63) is 278 Å². The van der Waals surface area contributed by atoms with Crippen LogP contribution >= 0.6 is 0 Å². The van der Waals surface area contributed by atoms with Crippen LogP contribution in [-0.4, -0.2) is 88.5 Å². The van der Waals surface area contributed by atoms with Crippen molar-refractivity contribution in [2.24, 2.45) is 0 Å². The number of Topliss-reactive ketones (excluding diaryl/α,β-unsaturated/α-hetero) is 1. The van der Waals surface area contributed by atoms with Gasteiger partial charge in [-0.15, -0.1) is 0 Å². The fourth-order valence-electron chi connectivity index (χ4n) is 12.2. The number of ketones is 1. The molecule has 0 spiro atoms. The molecule has 540 valence electrons. The highest BCUT2D eigenvalue weighted by atomic mass is 32.2. The van der Waals surface area contributed by atoms with Crippen LogP contribution in [0.4, 0.5) is 0 Å². The lowest BCUT2D eigenvalue weighted by atomic mass is 9.82. The number of aryl methyl sites for hydroxylation is 4. The van der Waals surface area contributed by atoms with Crippen LogP contribution < -0.4 is 37.9 Å². The van der Waals surface area contributed by atoms with Crippen molar-refractivity contribution in [2.75, 3.05) is 35.5 Å². The van der Waals surface area contributed by atoms with E-state index in [-0.39, 0.29) is 39.1 Å². The van der Waals surface area contributed by atoms with Crippen LogP contribution in [0.15, 0.2) is 210 Å². The minimum Gasteiger partial charge on any atom is -0.496 e. The van der Waals surface area contributed by atoms with Crippen LogP contribution in [0.3, 0.4) is 0 Å². The molecule has 3 unspecified atom stereocenters. The summed E-state index contributed by atoms with van der Waals surface area (Å²) in [6.45, 7) is 22.0. The number of rotatable bonds is 17. The van der Waals surface area contributed by atoms with Crippen molar-refractivity contribution >= 4 is 55.3 Å². The van der Waals surface area contributed by atoms with Crippen molar-refractivity contribution in [1.29, 1.82) is 0 Å². The Balaban J connectivity index is 0.000000180. The van der Waals surface area contributed by atoms with Gasteiger partial charge in [-0.1, -0.05) is 115 Å². The van der Waals surface area contributed by atoms with Gasteiger partial charge in [0.1, 0.15) is 62.8 Å². The van der Waals surface area contributed by atoms with Crippen molar-refractivity contribution < 1.29 is 73.0 Å². The Morgan fingerprint density at radius 3 is 1.43 bits per heavy atom. The van der Waals surface area contributed by atoms with E-state index in [0.717, 1.165) is 67.3 Å². The maximum atomic E-state index is 14.1. The minimum atomic E-state index is -4.11. The number of hydrogen-bond donors (Lipinski definition) is 1. The molecule has 3 aliphatic rings. The average Bonchev–Trinajstić information content (AvgIpc) is 0.762. The summed E-state index contributed by atoms with van der Waals surface area (Å²) in [5, 5.41) is 10.2. The molecule has 0 radical (unpaired) electrons. The van der Waals surface area contributed by atoms with E-state index in [1.165, 1.54) is 37.5 Å². The number of fused-ring (bicyclic) bond motifs is 3. The molecule has 0 bridgehead atoms. The number of ether oxygens (including phenoxy) is 8. The van der Waals surface area contributed by atoms with Crippen molar-refractivity contribution in [3.8, 4) is 46.0 Å². The second-order valence-electron chi connectivity index (χ2n) is 26.5. The SMILES string of the molecule is COc1c(C(O)C(c2ccccc2)c2ccc(C)c(C)c2)ccc2c1C=CC(C)(C)O2.COc1cc(C(C(=O)c2ccc3c(c2OC)C=CC(C)(C)O3)S(=O)(=O)c2ccccc2)ccc1C.COc1cc(CS(=O)(=O)c2ccccc2)ccc1C.COc1ccc2c(c1C)C=CC(C)(C)O2.O=S=O. The number of sulfone groups is 2. The first-order valence-corrected chi connectivity index (χ1v) is 37.1. The Hall–Kier alpha value is -10.1. The number of aliphatic hydroxyl groups excluding tert-OH is 1. The molecule has 3 aliphatic heterocycles. The predicted octanol–water partition coefficient (Wildman–Crippen LogP) is 17.5. The molecule has 0 aliphatic carbocycles. The van der Waals surface area contributed by atoms with E-state index in [9.17, 15) is 26.7 Å². The third-order valence-corrected chi connectivity index (χ3v) is 21.4. The largest absolute Gasteiger partial charge is 0.496 e. The average molecular weight is 1450 g/mol. The van der Waals surface area contributed by atoms with Crippen LogP contribution in [0.5, 0.6) is 46.0 Å². The number of aliphatic hydroxyl groups is 1. The Labute approximate surface area is 610 Å². The lowest BCUT2D eigenvalue weighted by Crippen LogP contribution is -2.28. The van der Waals surface area contributed by atoms with Gasteiger partial charge in [0, 0.05) is 22.6 Å². The third-order valence-electron chi connectivity index (χ3n) is 17.7. The molecule has 0 saturated heterocycles. The number of carbonyl (C=O) groups excluding carboxylic acids is 1. The van der Waals surface area contributed by atoms with E-state index in [4.69, 9.17) is 46.3 Å². The molecule has 12 rings (SSSR count). The van der Waals surface area contributed by atoms with Gasteiger partial charge in [-0.25, -0.2) is 16.8 Å². The van der Waals surface area contributed by atoms with Crippen molar-refractivity contribution in [1.82, 2.24) is 0 Å². The Morgan fingerprint density at radius 2 is 0.903 bits per heavy atom. The van der Waals surface area contributed by atoms with E-state index in [1.54, 1.807) is 106 Å². The second kappa shape index (κ2) is 33.8. The topological polar surface area (TPSA) is 214 Å². The zero-order valence-electron chi connectivity index (χ0n) is 61.0. The summed E-state index contributed by atoms with van der Waals surface area (Å²) >= 11 is -0.750. The van der Waals surface area contributed by atoms with Gasteiger partial charge in [0.2, 0.25) is 0 Å². The van der Waals surface area contributed by atoms with Crippen molar-refractivity contribution in [2.45, 2.75) is 126 Å². The highest BCUT2D eigenvalue weighted by Crippen LogP contribution is 2.47. The van der Waals surface area contributed by atoms with Gasteiger partial charge >= 0.3 is 11.6 Å². The summed E-state index contributed by atoms with van der Waals surface area (Å²) < 4.78 is 114. The van der Waals surface area contributed by atoms with Gasteiger partial charge in [0.15, 0.2) is 30.7 Å². The number of methoxy groups -OCH3 is 5. The molecule has 0 amide bonds. The Bertz CT molecular complexity index is 4860. The van der Waals surface area contributed by atoms with E-state index < -0.39 is 54.0 Å². The molecule has 1 N–H and O–H groups in total. The molecule has 9 aromatic carbocycles. The van der Waals surface area contributed by atoms with Crippen LogP contribution in [0.25, 0.3) is 18.2 Å². The zero-order valence-corrected chi connectivity index (χ0v) is 63.5. The molecule has 19 heteroatoms. The maximum absolute atomic E-state index is 14.1. The molecular weight excluding hydrogens is 1360 g/mol. The lowest BCUT2D eigenvalue weighted by Gasteiger charge is -2.31. The van der Waals surface area contributed by atoms with Gasteiger partial charge in [-0.2, -0.15) is 8.42 Å². The first-order chi connectivity index (χ1) is 48.9. The molecule has 103 heavy (non-hydrogen) atoms. The minimum absolute atomic E-state index is 0.0202. The van der Waals surface area contributed by atoms with Crippen LogP contribution in [0.1, 0.15) is 141 Å². The van der Waals surface area contributed by atoms with Gasteiger partial charge in [0.05, 0.1) is 73.9 Å². The lowest BCUT2D eigenvalue weighted by molar-refractivity contribution is 0.0983. The molecule has 3 heterocycles. The highest BCUT2D eigenvalue weighted by molar-refractivity contribution is 7.92. The van der Waals surface area contributed by atoms with Gasteiger partial charge < -0.3 is 43.0 Å². The molecular formula is C84H90O16S3. The fourth-order valence-corrected chi connectivity index (χ4v) is 15.2. The summed E-state index contributed by atoms with van der Waals surface area (Å²) in [4.78, 5) is 14.5. The number of carbonyl (C=O) groups is 1. The summed E-state index contributed by atoms with van der Waals surface area (Å²) in [5.41, 5.74) is 11.0. The summed E-state index contributed by atoms with van der Waals surface area (Å²) in [7, 11) is 0.456. The van der Waals surface area contributed by atoms with Crippen LogP contribution in [0, 0.1) is 34.6 Å². The van der Waals surface area contributed by atoms with Crippen molar-refractivity contribution in [3.63, 3.8) is 0 Å². The van der Waals surface area contributed by atoms with Gasteiger partial charge in [-0.3, -0.25) is 4.79 Å².